The largest absolute Gasteiger partial charge is 0.308 e. The molecule has 1 nitrogen and oxygen atoms in total. The molecule has 6 aromatic rings. The van der Waals surface area contributed by atoms with Crippen molar-refractivity contribution in [2.24, 2.45) is 0 Å². The average Bonchev–Trinajstić information content (AvgIpc) is 3.01. The molecule has 0 amide bonds. The van der Waals surface area contributed by atoms with Gasteiger partial charge >= 0.3 is 0 Å². The van der Waals surface area contributed by atoms with E-state index in [9.17, 15) is 0 Å². The number of hydrogen-bond acceptors (Lipinski definition) is 0. The van der Waals surface area contributed by atoms with Crippen molar-refractivity contribution in [3.8, 4) is 0 Å². The lowest BCUT2D eigenvalue weighted by Crippen LogP contribution is -1.95. The highest BCUT2D eigenvalue weighted by molar-refractivity contribution is 9.10. The molecule has 0 fully saturated rings. The number of fused-ring (bicyclic) bond motifs is 6. The molecule has 0 saturated carbocycles. The van der Waals surface area contributed by atoms with Crippen LogP contribution in [0.5, 0.6) is 0 Å². The zero-order chi connectivity index (χ0) is 18.3. The molecule has 0 aliphatic heterocycles. The Bertz CT molecular complexity index is 1500. The predicted octanol–water partition coefficient (Wildman–Crippen LogP) is 7.88. The van der Waals surface area contributed by atoms with E-state index in [2.05, 4.69) is 101 Å². The Morgan fingerprint density at radius 1 is 0.704 bits per heavy atom. The third kappa shape index (κ3) is 1.89. The van der Waals surface area contributed by atoms with Gasteiger partial charge in [-0.2, -0.15) is 0 Å². The quantitative estimate of drug-likeness (QED) is 0.191. The first-order valence-electron chi connectivity index (χ1n) is 9.44. The van der Waals surface area contributed by atoms with Crippen molar-refractivity contribution >= 4 is 64.8 Å². The Hall–Kier alpha value is -2.58. The Balaban J connectivity index is 2.06. The third-order valence-electron chi connectivity index (χ3n) is 5.96. The molecule has 6 rings (SSSR count). The minimum absolute atomic E-state index is 0.501. The van der Waals surface area contributed by atoms with E-state index in [0.717, 1.165) is 4.47 Å². The molecular weight excluding hydrogens is 394 g/mol. The minimum atomic E-state index is 0.501. The molecule has 0 atom stereocenters. The summed E-state index contributed by atoms with van der Waals surface area (Å²) in [6, 6.07) is 24.7. The second-order valence-electron chi connectivity index (χ2n) is 7.76. The fourth-order valence-corrected chi connectivity index (χ4v) is 5.16. The molecule has 0 aliphatic rings. The van der Waals surface area contributed by atoms with Crippen LogP contribution in [-0.4, -0.2) is 4.40 Å². The van der Waals surface area contributed by atoms with Gasteiger partial charge in [0.2, 0.25) is 0 Å². The summed E-state index contributed by atoms with van der Waals surface area (Å²) >= 11 is 3.68. The SMILES string of the molecule is CC(C)c1ccc2c3ccccc3n3c4cc(Br)ccc4c4ccc1c2c43. The Morgan fingerprint density at radius 3 is 2.26 bits per heavy atom. The first-order valence-corrected chi connectivity index (χ1v) is 10.2. The molecule has 2 aromatic heterocycles. The van der Waals surface area contributed by atoms with E-state index in [0.29, 0.717) is 5.92 Å². The molecule has 0 aliphatic carbocycles. The van der Waals surface area contributed by atoms with Crippen molar-refractivity contribution in [2.45, 2.75) is 19.8 Å². The number of hydrogen-bond donors (Lipinski definition) is 0. The van der Waals surface area contributed by atoms with Gasteiger partial charge < -0.3 is 4.40 Å². The molecule has 130 valence electrons. The van der Waals surface area contributed by atoms with Crippen molar-refractivity contribution in [1.82, 2.24) is 4.40 Å². The molecular formula is C25H18BrN. The molecule has 2 heterocycles. The molecule has 4 aromatic carbocycles. The predicted molar refractivity (Wildman–Crippen MR) is 120 cm³/mol. The van der Waals surface area contributed by atoms with Gasteiger partial charge in [-0.15, -0.1) is 0 Å². The van der Waals surface area contributed by atoms with Gasteiger partial charge in [-0.05, 0) is 40.5 Å². The average molecular weight is 412 g/mol. The zero-order valence-electron chi connectivity index (χ0n) is 15.3. The molecule has 0 N–H and O–H groups in total. The van der Waals surface area contributed by atoms with E-state index in [4.69, 9.17) is 0 Å². The summed E-state index contributed by atoms with van der Waals surface area (Å²) in [4.78, 5) is 0. The second-order valence-corrected chi connectivity index (χ2v) is 8.67. The van der Waals surface area contributed by atoms with E-state index in [1.807, 2.05) is 0 Å². The summed E-state index contributed by atoms with van der Waals surface area (Å²) in [5, 5.41) is 8.09. The summed E-state index contributed by atoms with van der Waals surface area (Å²) < 4.78 is 3.58. The van der Waals surface area contributed by atoms with Gasteiger partial charge in [0.05, 0.1) is 16.6 Å². The van der Waals surface area contributed by atoms with Gasteiger partial charge in [0, 0.05) is 26.0 Å². The van der Waals surface area contributed by atoms with Gasteiger partial charge in [-0.25, -0.2) is 0 Å². The molecule has 27 heavy (non-hydrogen) atoms. The number of para-hydroxylation sites is 1. The monoisotopic (exact) mass is 411 g/mol. The van der Waals surface area contributed by atoms with Crippen LogP contribution in [0.1, 0.15) is 25.3 Å². The van der Waals surface area contributed by atoms with Crippen LogP contribution in [0.4, 0.5) is 0 Å². The molecule has 2 heteroatoms. The van der Waals surface area contributed by atoms with Crippen LogP contribution in [0.2, 0.25) is 0 Å². The van der Waals surface area contributed by atoms with E-state index in [-0.39, 0.29) is 0 Å². The van der Waals surface area contributed by atoms with Crippen LogP contribution < -0.4 is 0 Å². The highest BCUT2D eigenvalue weighted by Gasteiger charge is 2.19. The van der Waals surface area contributed by atoms with Crippen LogP contribution in [0.3, 0.4) is 0 Å². The molecule has 0 radical (unpaired) electrons. The van der Waals surface area contributed by atoms with E-state index < -0.39 is 0 Å². The third-order valence-corrected chi connectivity index (χ3v) is 6.45. The number of halogens is 1. The van der Waals surface area contributed by atoms with Crippen molar-refractivity contribution in [1.29, 1.82) is 0 Å². The maximum absolute atomic E-state index is 3.68. The fraction of sp³-hybridized carbons (Fsp3) is 0.120. The lowest BCUT2D eigenvalue weighted by atomic mass is 9.91. The molecule has 0 spiro atoms. The summed E-state index contributed by atoms with van der Waals surface area (Å²) in [6.45, 7) is 4.57. The Kier molecular flexibility index (Phi) is 3.00. The van der Waals surface area contributed by atoms with Gasteiger partial charge in [-0.1, -0.05) is 78.3 Å². The van der Waals surface area contributed by atoms with Crippen LogP contribution in [0.15, 0.2) is 71.2 Å². The smallest absolute Gasteiger partial charge is 0.0626 e. The molecule has 0 saturated heterocycles. The van der Waals surface area contributed by atoms with Crippen molar-refractivity contribution in [2.75, 3.05) is 0 Å². The number of benzene rings is 4. The van der Waals surface area contributed by atoms with Crippen molar-refractivity contribution in [3.63, 3.8) is 0 Å². The summed E-state index contributed by atoms with van der Waals surface area (Å²) in [6.07, 6.45) is 0. The minimum Gasteiger partial charge on any atom is -0.308 e. The number of nitrogens with zero attached hydrogens (tertiary/aromatic N) is 1. The van der Waals surface area contributed by atoms with Gasteiger partial charge in [0.1, 0.15) is 0 Å². The maximum atomic E-state index is 3.68. The van der Waals surface area contributed by atoms with Crippen LogP contribution >= 0.6 is 15.9 Å². The van der Waals surface area contributed by atoms with Crippen LogP contribution in [0.25, 0.3) is 48.9 Å². The standard InChI is InChI=1S/C25H18BrN/c1-14(2)16-9-10-20-17-5-3-4-6-22(17)27-23-13-15(26)7-8-18(23)21-12-11-19(16)24(20)25(21)27/h3-14H,1-2H3. The van der Waals surface area contributed by atoms with Gasteiger partial charge in [0.15, 0.2) is 0 Å². The first-order chi connectivity index (χ1) is 13.1. The lowest BCUT2D eigenvalue weighted by molar-refractivity contribution is 0.877. The normalized spacial score (nSPS) is 12.6. The Labute approximate surface area is 165 Å². The van der Waals surface area contributed by atoms with Gasteiger partial charge in [-0.3, -0.25) is 0 Å². The summed E-state index contributed by atoms with van der Waals surface area (Å²) in [7, 11) is 0. The van der Waals surface area contributed by atoms with E-state index in [1.54, 1.807) is 0 Å². The molecule has 0 unspecified atom stereocenters. The number of pyridine rings is 1. The lowest BCUT2D eigenvalue weighted by Gasteiger charge is -2.16. The van der Waals surface area contributed by atoms with Crippen LogP contribution in [0, 0.1) is 0 Å². The zero-order valence-corrected chi connectivity index (χ0v) is 16.8. The maximum Gasteiger partial charge on any atom is 0.0626 e. The highest BCUT2D eigenvalue weighted by Crippen LogP contribution is 2.43. The second kappa shape index (κ2) is 5.24. The molecule has 0 bridgehead atoms. The Morgan fingerprint density at radius 2 is 1.41 bits per heavy atom. The van der Waals surface area contributed by atoms with E-state index >= 15 is 0 Å². The van der Waals surface area contributed by atoms with Crippen molar-refractivity contribution < 1.29 is 0 Å². The van der Waals surface area contributed by atoms with E-state index in [1.165, 1.54) is 54.4 Å². The summed E-state index contributed by atoms with van der Waals surface area (Å²) in [5.74, 6) is 0.501. The highest BCUT2D eigenvalue weighted by atomic mass is 79.9. The fourth-order valence-electron chi connectivity index (χ4n) is 4.81. The van der Waals surface area contributed by atoms with Gasteiger partial charge in [0.25, 0.3) is 0 Å². The number of aromatic nitrogens is 1. The van der Waals surface area contributed by atoms with Crippen molar-refractivity contribution in [3.05, 3.63) is 76.8 Å². The topological polar surface area (TPSA) is 4.41 Å². The number of rotatable bonds is 1. The van der Waals surface area contributed by atoms with Crippen LogP contribution in [-0.2, 0) is 0 Å². The summed E-state index contributed by atoms with van der Waals surface area (Å²) in [5.41, 5.74) is 5.30. The first kappa shape index (κ1) is 15.5.